The Kier molecular flexibility index (Phi) is 6.43. The van der Waals surface area contributed by atoms with Crippen molar-refractivity contribution in [3.05, 3.63) is 62.5 Å². The van der Waals surface area contributed by atoms with E-state index < -0.39 is 5.97 Å². The third kappa shape index (κ3) is 5.08. The largest absolute Gasteiger partial charge is 0.451 e. The van der Waals surface area contributed by atoms with Crippen LogP contribution in [0.4, 0.5) is 0 Å². The molecule has 152 valence electrons. The van der Waals surface area contributed by atoms with Crippen molar-refractivity contribution in [2.24, 2.45) is 0 Å². The number of H-pyrrole nitrogens is 1. The summed E-state index contributed by atoms with van der Waals surface area (Å²) in [5.74, 6) is -0.508. The third-order valence-electron chi connectivity index (χ3n) is 4.55. The fourth-order valence-corrected chi connectivity index (χ4v) is 4.18. The van der Waals surface area contributed by atoms with Gasteiger partial charge in [0.1, 0.15) is 15.5 Å². The van der Waals surface area contributed by atoms with E-state index in [0.29, 0.717) is 21.6 Å². The lowest BCUT2D eigenvalue weighted by Gasteiger charge is -2.14. The van der Waals surface area contributed by atoms with Crippen molar-refractivity contribution in [1.29, 1.82) is 0 Å². The molecule has 2 heterocycles. The molecule has 7 nitrogen and oxygen atoms in total. The van der Waals surface area contributed by atoms with E-state index in [-0.39, 0.29) is 29.0 Å². The van der Waals surface area contributed by atoms with Gasteiger partial charge < -0.3 is 15.0 Å². The molecule has 2 N–H and O–H groups in total. The van der Waals surface area contributed by atoms with Gasteiger partial charge in [-0.05, 0) is 44.7 Å². The molecule has 0 unspecified atom stereocenters. The first-order chi connectivity index (χ1) is 13.8. The molecule has 0 saturated heterocycles. The highest BCUT2D eigenvalue weighted by Gasteiger charge is 2.21. The van der Waals surface area contributed by atoms with E-state index in [0.717, 1.165) is 24.2 Å². The normalized spacial score (nSPS) is 12.0. The van der Waals surface area contributed by atoms with Crippen molar-refractivity contribution < 1.29 is 14.3 Å². The molecular formula is C21H23N3O4S. The molecule has 1 amide bonds. The van der Waals surface area contributed by atoms with E-state index in [4.69, 9.17) is 4.74 Å². The Balaban J connectivity index is 1.54. The zero-order chi connectivity index (χ0) is 21.0. The van der Waals surface area contributed by atoms with Gasteiger partial charge in [-0.3, -0.25) is 9.59 Å². The second-order valence-electron chi connectivity index (χ2n) is 6.96. The molecule has 0 aliphatic rings. The number of benzene rings is 1. The number of fused-ring (bicyclic) bond motifs is 1. The van der Waals surface area contributed by atoms with Crippen LogP contribution in [0.25, 0.3) is 10.2 Å². The van der Waals surface area contributed by atoms with Gasteiger partial charge in [-0.1, -0.05) is 30.3 Å². The molecule has 0 aliphatic heterocycles. The summed E-state index contributed by atoms with van der Waals surface area (Å²) in [4.78, 5) is 44.3. The maximum absolute atomic E-state index is 12.4. The summed E-state index contributed by atoms with van der Waals surface area (Å²) in [6.07, 6.45) is 1.64. The van der Waals surface area contributed by atoms with E-state index in [1.807, 2.05) is 37.3 Å². The van der Waals surface area contributed by atoms with Gasteiger partial charge in [0.25, 0.3) is 11.5 Å². The van der Waals surface area contributed by atoms with Crippen molar-refractivity contribution in [1.82, 2.24) is 15.3 Å². The predicted octanol–water partition coefficient (Wildman–Crippen LogP) is 2.90. The molecule has 3 rings (SSSR count). The van der Waals surface area contributed by atoms with Crippen LogP contribution in [-0.4, -0.2) is 34.5 Å². The van der Waals surface area contributed by atoms with Gasteiger partial charge in [-0.15, -0.1) is 11.3 Å². The number of aromatic amines is 1. The average molecular weight is 413 g/mol. The number of esters is 1. The van der Waals surface area contributed by atoms with E-state index in [1.165, 1.54) is 5.56 Å². The van der Waals surface area contributed by atoms with Gasteiger partial charge in [-0.2, -0.15) is 0 Å². The van der Waals surface area contributed by atoms with Gasteiger partial charge in [0.2, 0.25) is 0 Å². The minimum absolute atomic E-state index is 0.0433. The summed E-state index contributed by atoms with van der Waals surface area (Å²) in [6.45, 7) is 4.90. The number of aryl methyl sites for hydroxylation is 3. The summed E-state index contributed by atoms with van der Waals surface area (Å²) in [5.41, 5.74) is 1.43. The first-order valence-corrected chi connectivity index (χ1v) is 10.2. The highest BCUT2D eigenvalue weighted by Crippen LogP contribution is 2.27. The Bertz CT molecular complexity index is 1090. The molecule has 0 radical (unpaired) electrons. The SMILES string of the molecule is Cc1nc2sc(C(=O)OCC(=O)N[C@@H](C)CCc3ccccc3)c(C)c2c(=O)[nH]1. The molecule has 0 saturated carbocycles. The molecule has 29 heavy (non-hydrogen) atoms. The number of nitrogens with one attached hydrogen (secondary N) is 2. The topological polar surface area (TPSA) is 101 Å². The van der Waals surface area contributed by atoms with Crippen molar-refractivity contribution in [3.8, 4) is 0 Å². The zero-order valence-electron chi connectivity index (χ0n) is 16.6. The first-order valence-electron chi connectivity index (χ1n) is 9.35. The van der Waals surface area contributed by atoms with E-state index in [1.54, 1.807) is 13.8 Å². The van der Waals surface area contributed by atoms with E-state index in [2.05, 4.69) is 15.3 Å². The van der Waals surface area contributed by atoms with Crippen LogP contribution in [0.5, 0.6) is 0 Å². The average Bonchev–Trinajstić information content (AvgIpc) is 3.02. The molecule has 0 aliphatic carbocycles. The van der Waals surface area contributed by atoms with Crippen LogP contribution in [-0.2, 0) is 16.0 Å². The lowest BCUT2D eigenvalue weighted by Crippen LogP contribution is -2.36. The minimum atomic E-state index is -0.630. The fourth-order valence-electron chi connectivity index (χ4n) is 3.06. The quantitative estimate of drug-likeness (QED) is 0.580. The third-order valence-corrected chi connectivity index (χ3v) is 5.72. The maximum Gasteiger partial charge on any atom is 0.349 e. The van der Waals surface area contributed by atoms with Crippen LogP contribution in [0.15, 0.2) is 35.1 Å². The molecule has 0 spiro atoms. The second-order valence-corrected chi connectivity index (χ2v) is 7.96. The maximum atomic E-state index is 12.4. The van der Waals surface area contributed by atoms with Crippen LogP contribution in [0, 0.1) is 13.8 Å². The summed E-state index contributed by atoms with van der Waals surface area (Å²) >= 11 is 1.09. The van der Waals surface area contributed by atoms with Crippen molar-refractivity contribution >= 4 is 33.4 Å². The predicted molar refractivity (Wildman–Crippen MR) is 112 cm³/mol. The molecular weight excluding hydrogens is 390 g/mol. The Morgan fingerprint density at radius 2 is 1.97 bits per heavy atom. The highest BCUT2D eigenvalue weighted by atomic mass is 32.1. The van der Waals surface area contributed by atoms with Crippen LogP contribution in [0.2, 0.25) is 0 Å². The molecule has 2 aromatic heterocycles. The number of carbonyl (C=O) groups excluding carboxylic acids is 2. The second kappa shape index (κ2) is 9.00. The number of hydrogen-bond acceptors (Lipinski definition) is 6. The fraction of sp³-hybridized carbons (Fsp3) is 0.333. The van der Waals surface area contributed by atoms with Crippen molar-refractivity contribution in [2.75, 3.05) is 6.61 Å². The van der Waals surface area contributed by atoms with Crippen molar-refractivity contribution in [2.45, 2.75) is 39.7 Å². The van der Waals surface area contributed by atoms with E-state index in [9.17, 15) is 14.4 Å². The number of nitrogens with zero attached hydrogens (tertiary/aromatic N) is 1. The van der Waals surface area contributed by atoms with E-state index >= 15 is 0 Å². The van der Waals surface area contributed by atoms with Gasteiger partial charge in [0.05, 0.1) is 5.39 Å². The summed E-state index contributed by atoms with van der Waals surface area (Å²) < 4.78 is 5.15. The Hall–Kier alpha value is -3.00. The van der Waals surface area contributed by atoms with Gasteiger partial charge in [0.15, 0.2) is 6.61 Å². The number of ether oxygens (including phenoxy) is 1. The summed E-state index contributed by atoms with van der Waals surface area (Å²) in [6, 6.07) is 9.99. The van der Waals surface area contributed by atoms with Crippen LogP contribution < -0.4 is 10.9 Å². The van der Waals surface area contributed by atoms with Gasteiger partial charge >= 0.3 is 5.97 Å². The van der Waals surface area contributed by atoms with Gasteiger partial charge in [-0.25, -0.2) is 9.78 Å². The van der Waals surface area contributed by atoms with Crippen LogP contribution in [0.1, 0.15) is 40.0 Å². The molecule has 0 fully saturated rings. The van der Waals surface area contributed by atoms with Crippen LogP contribution in [0.3, 0.4) is 0 Å². The lowest BCUT2D eigenvalue weighted by atomic mass is 10.1. The first kappa shape index (κ1) is 20.7. The molecule has 1 atom stereocenters. The number of carbonyl (C=O) groups is 2. The van der Waals surface area contributed by atoms with Crippen LogP contribution >= 0.6 is 11.3 Å². The molecule has 8 heteroatoms. The number of hydrogen-bond donors (Lipinski definition) is 2. The summed E-state index contributed by atoms with van der Waals surface area (Å²) in [5, 5.41) is 3.22. The molecule has 3 aromatic rings. The van der Waals surface area contributed by atoms with Crippen molar-refractivity contribution in [3.63, 3.8) is 0 Å². The Morgan fingerprint density at radius 1 is 1.24 bits per heavy atom. The standard InChI is InChI=1S/C21H23N3O4S/c1-12(9-10-15-7-5-4-6-8-15)22-16(25)11-28-21(27)18-13(2)17-19(26)23-14(3)24-20(17)29-18/h4-8,12H,9-11H2,1-3H3,(H,22,25)(H,23,24,26)/t12-/m0/s1. The number of aromatic nitrogens is 2. The van der Waals surface area contributed by atoms with Gasteiger partial charge in [0, 0.05) is 6.04 Å². The zero-order valence-corrected chi connectivity index (χ0v) is 17.4. The Morgan fingerprint density at radius 3 is 2.69 bits per heavy atom. The number of thiophene rings is 1. The smallest absolute Gasteiger partial charge is 0.349 e. The molecule has 1 aromatic carbocycles. The monoisotopic (exact) mass is 413 g/mol. The summed E-state index contributed by atoms with van der Waals surface area (Å²) in [7, 11) is 0. The minimum Gasteiger partial charge on any atom is -0.451 e. The lowest BCUT2D eigenvalue weighted by molar-refractivity contribution is -0.124. The number of rotatable bonds is 7. The number of amides is 1. The highest BCUT2D eigenvalue weighted by molar-refractivity contribution is 7.20. The molecule has 0 bridgehead atoms. The Labute approximate surface area is 172 Å².